The second kappa shape index (κ2) is 5.40. The fraction of sp³-hybridized carbons (Fsp3) is 0.214. The molecule has 0 bridgehead atoms. The molecule has 0 fully saturated rings. The number of hydrogen-bond acceptors (Lipinski definition) is 4. The molecule has 0 spiro atoms. The Kier molecular flexibility index (Phi) is 3.67. The van der Waals surface area contributed by atoms with Crippen LogP contribution < -0.4 is 15.8 Å². The smallest absolute Gasteiger partial charge is 0.140 e. The molecule has 0 aliphatic rings. The van der Waals surface area contributed by atoms with Gasteiger partial charge in [0.25, 0.3) is 0 Å². The molecule has 2 aromatic rings. The van der Waals surface area contributed by atoms with Gasteiger partial charge in [-0.3, -0.25) is 4.98 Å². The third-order valence-corrected chi connectivity index (χ3v) is 2.28. The molecular weight excluding hydrogens is 226 g/mol. The lowest BCUT2D eigenvalue weighted by atomic mass is 10.2. The zero-order valence-corrected chi connectivity index (χ0v) is 10.6. The van der Waals surface area contributed by atoms with Crippen LogP contribution in [0.2, 0.25) is 0 Å². The number of anilines is 3. The summed E-state index contributed by atoms with van der Waals surface area (Å²) in [5.74, 6) is 0.755. The highest BCUT2D eigenvalue weighted by Gasteiger charge is 2.00. The van der Waals surface area contributed by atoms with Crippen molar-refractivity contribution in [1.82, 2.24) is 4.98 Å². The fourth-order valence-electron chi connectivity index (χ4n) is 1.56. The van der Waals surface area contributed by atoms with Crippen LogP contribution in [0.5, 0.6) is 5.75 Å². The van der Waals surface area contributed by atoms with Crippen molar-refractivity contribution in [2.24, 2.45) is 0 Å². The molecule has 2 rings (SSSR count). The lowest BCUT2D eigenvalue weighted by molar-refractivity contribution is 0.241. The van der Waals surface area contributed by atoms with E-state index < -0.39 is 0 Å². The van der Waals surface area contributed by atoms with Crippen molar-refractivity contribution in [3.63, 3.8) is 0 Å². The van der Waals surface area contributed by atoms with Crippen molar-refractivity contribution in [3.05, 3.63) is 42.7 Å². The normalized spacial score (nSPS) is 10.4. The third-order valence-electron chi connectivity index (χ3n) is 2.28. The second-order valence-corrected chi connectivity index (χ2v) is 4.32. The molecule has 0 unspecified atom stereocenters. The SMILES string of the molecule is CC(C)Oc1cncc(Nc2ccc(N)cc2)c1. The number of nitrogens with one attached hydrogen (secondary N) is 1. The molecular formula is C14H17N3O. The van der Waals surface area contributed by atoms with Crippen LogP contribution >= 0.6 is 0 Å². The molecule has 4 heteroatoms. The van der Waals surface area contributed by atoms with Crippen LogP contribution in [0, 0.1) is 0 Å². The summed E-state index contributed by atoms with van der Waals surface area (Å²) < 4.78 is 5.59. The average Bonchev–Trinajstić information content (AvgIpc) is 2.32. The van der Waals surface area contributed by atoms with Gasteiger partial charge in [-0.1, -0.05) is 0 Å². The van der Waals surface area contributed by atoms with Gasteiger partial charge in [0.2, 0.25) is 0 Å². The molecule has 0 saturated heterocycles. The summed E-state index contributed by atoms with van der Waals surface area (Å²) in [6, 6.07) is 9.47. The van der Waals surface area contributed by atoms with Gasteiger partial charge >= 0.3 is 0 Å². The van der Waals surface area contributed by atoms with Crippen LogP contribution in [0.25, 0.3) is 0 Å². The molecule has 0 aliphatic heterocycles. The summed E-state index contributed by atoms with van der Waals surface area (Å²) in [5, 5.41) is 3.25. The predicted octanol–water partition coefficient (Wildman–Crippen LogP) is 3.19. The highest BCUT2D eigenvalue weighted by atomic mass is 16.5. The lowest BCUT2D eigenvalue weighted by Crippen LogP contribution is -2.06. The first kappa shape index (κ1) is 12.2. The Labute approximate surface area is 107 Å². The van der Waals surface area contributed by atoms with Gasteiger partial charge in [0.15, 0.2) is 0 Å². The first-order valence-corrected chi connectivity index (χ1v) is 5.88. The number of benzene rings is 1. The summed E-state index contributed by atoms with van der Waals surface area (Å²) in [4.78, 5) is 4.14. The summed E-state index contributed by atoms with van der Waals surface area (Å²) in [5.41, 5.74) is 8.24. The molecule has 94 valence electrons. The van der Waals surface area contributed by atoms with E-state index in [1.807, 2.05) is 44.2 Å². The van der Waals surface area contributed by atoms with Crippen molar-refractivity contribution >= 4 is 17.1 Å². The van der Waals surface area contributed by atoms with Crippen LogP contribution in [0.1, 0.15) is 13.8 Å². The number of aromatic nitrogens is 1. The van der Waals surface area contributed by atoms with Crippen molar-refractivity contribution in [2.45, 2.75) is 20.0 Å². The molecule has 3 N–H and O–H groups in total. The summed E-state index contributed by atoms with van der Waals surface area (Å²) in [6.45, 7) is 3.97. The van der Waals surface area contributed by atoms with E-state index in [0.29, 0.717) is 0 Å². The number of hydrogen-bond donors (Lipinski definition) is 2. The maximum Gasteiger partial charge on any atom is 0.140 e. The summed E-state index contributed by atoms with van der Waals surface area (Å²) in [7, 11) is 0. The topological polar surface area (TPSA) is 60.2 Å². The van der Waals surface area contributed by atoms with E-state index in [-0.39, 0.29) is 6.10 Å². The molecule has 1 aromatic carbocycles. The van der Waals surface area contributed by atoms with E-state index in [0.717, 1.165) is 22.8 Å². The lowest BCUT2D eigenvalue weighted by Gasteiger charge is -2.11. The van der Waals surface area contributed by atoms with Gasteiger partial charge in [-0.2, -0.15) is 0 Å². The van der Waals surface area contributed by atoms with E-state index in [1.54, 1.807) is 12.4 Å². The first-order valence-electron chi connectivity index (χ1n) is 5.88. The number of nitrogens with two attached hydrogens (primary N) is 1. The van der Waals surface area contributed by atoms with Crippen LogP contribution in [0.4, 0.5) is 17.1 Å². The Morgan fingerprint density at radius 1 is 1.11 bits per heavy atom. The maximum atomic E-state index is 5.64. The van der Waals surface area contributed by atoms with E-state index >= 15 is 0 Å². The van der Waals surface area contributed by atoms with E-state index in [1.165, 1.54) is 0 Å². The highest BCUT2D eigenvalue weighted by Crippen LogP contribution is 2.21. The Hall–Kier alpha value is -2.23. The molecule has 4 nitrogen and oxygen atoms in total. The van der Waals surface area contributed by atoms with Crippen LogP contribution in [-0.4, -0.2) is 11.1 Å². The largest absolute Gasteiger partial charge is 0.489 e. The standard InChI is InChI=1S/C14H17N3O/c1-10(2)18-14-7-13(8-16-9-14)17-12-5-3-11(15)4-6-12/h3-10,17H,15H2,1-2H3. The number of rotatable bonds is 4. The number of ether oxygens (including phenoxy) is 1. The van der Waals surface area contributed by atoms with Gasteiger partial charge in [0.05, 0.1) is 24.2 Å². The van der Waals surface area contributed by atoms with Crippen molar-refractivity contribution < 1.29 is 4.74 Å². The van der Waals surface area contributed by atoms with Crippen LogP contribution in [-0.2, 0) is 0 Å². The molecule has 0 aliphatic carbocycles. The van der Waals surface area contributed by atoms with Gasteiger partial charge < -0.3 is 15.8 Å². The first-order chi connectivity index (χ1) is 8.63. The van der Waals surface area contributed by atoms with E-state index in [2.05, 4.69) is 10.3 Å². The van der Waals surface area contributed by atoms with Gasteiger partial charge in [-0.15, -0.1) is 0 Å². The third kappa shape index (κ3) is 3.38. The van der Waals surface area contributed by atoms with Crippen LogP contribution in [0.15, 0.2) is 42.7 Å². The van der Waals surface area contributed by atoms with Gasteiger partial charge in [0.1, 0.15) is 5.75 Å². The number of pyridine rings is 1. The zero-order chi connectivity index (χ0) is 13.0. The molecule has 1 aromatic heterocycles. The molecule has 0 amide bonds. The Bertz CT molecular complexity index is 509. The monoisotopic (exact) mass is 243 g/mol. The van der Waals surface area contributed by atoms with Crippen molar-refractivity contribution in [1.29, 1.82) is 0 Å². The van der Waals surface area contributed by atoms with E-state index in [9.17, 15) is 0 Å². The van der Waals surface area contributed by atoms with Crippen LogP contribution in [0.3, 0.4) is 0 Å². The Balaban J connectivity index is 2.11. The molecule has 0 radical (unpaired) electrons. The Morgan fingerprint density at radius 2 is 1.83 bits per heavy atom. The maximum absolute atomic E-state index is 5.64. The highest BCUT2D eigenvalue weighted by molar-refractivity contribution is 5.62. The molecule has 1 heterocycles. The summed E-state index contributed by atoms with van der Waals surface area (Å²) in [6.07, 6.45) is 3.59. The quantitative estimate of drug-likeness (QED) is 0.809. The predicted molar refractivity (Wildman–Crippen MR) is 74.1 cm³/mol. The second-order valence-electron chi connectivity index (χ2n) is 4.32. The van der Waals surface area contributed by atoms with Crippen molar-refractivity contribution in [3.8, 4) is 5.75 Å². The minimum atomic E-state index is 0.138. The summed E-state index contributed by atoms with van der Waals surface area (Å²) >= 11 is 0. The molecule has 0 atom stereocenters. The molecule has 18 heavy (non-hydrogen) atoms. The minimum absolute atomic E-state index is 0.138. The average molecular weight is 243 g/mol. The zero-order valence-electron chi connectivity index (χ0n) is 10.6. The van der Waals surface area contributed by atoms with Gasteiger partial charge in [-0.25, -0.2) is 0 Å². The van der Waals surface area contributed by atoms with E-state index in [4.69, 9.17) is 10.5 Å². The van der Waals surface area contributed by atoms with Gasteiger partial charge in [-0.05, 0) is 38.1 Å². The number of nitrogens with zero attached hydrogens (tertiary/aromatic N) is 1. The van der Waals surface area contributed by atoms with Crippen molar-refractivity contribution in [2.75, 3.05) is 11.1 Å². The minimum Gasteiger partial charge on any atom is -0.489 e. The fourth-order valence-corrected chi connectivity index (χ4v) is 1.56. The Morgan fingerprint density at radius 3 is 2.50 bits per heavy atom. The number of nitrogen functional groups attached to an aromatic ring is 1. The van der Waals surface area contributed by atoms with Gasteiger partial charge in [0, 0.05) is 17.4 Å². The molecule has 0 saturated carbocycles.